The van der Waals surface area contributed by atoms with Gasteiger partial charge in [0, 0.05) is 29.9 Å². The number of aromatic amines is 1. The van der Waals surface area contributed by atoms with Gasteiger partial charge in [-0.3, -0.25) is 9.69 Å². The van der Waals surface area contributed by atoms with E-state index in [0.717, 1.165) is 30.8 Å². The molecule has 1 aromatic heterocycles. The van der Waals surface area contributed by atoms with E-state index in [1.54, 1.807) is 0 Å². The summed E-state index contributed by atoms with van der Waals surface area (Å²) < 4.78 is 0. The molecule has 3 N–H and O–H groups in total. The average Bonchev–Trinajstić information content (AvgIpc) is 2.89. The number of hydrogen-bond donors (Lipinski definition) is 3. The van der Waals surface area contributed by atoms with Crippen molar-refractivity contribution in [1.29, 1.82) is 0 Å². The van der Waals surface area contributed by atoms with Gasteiger partial charge in [0.05, 0.1) is 6.54 Å². The molecular weight excluding hydrogens is 292 g/mol. The molecule has 126 valence electrons. The number of piperidine rings is 1. The Kier molecular flexibility index (Phi) is 4.71. The van der Waals surface area contributed by atoms with Gasteiger partial charge in [-0.15, -0.1) is 0 Å². The van der Waals surface area contributed by atoms with Crippen LogP contribution in [0.5, 0.6) is 0 Å². The molecular formula is C17H26N4O2. The molecule has 1 aromatic rings. The fraction of sp³-hybridized carbons (Fsp3) is 0.647. The molecule has 0 aliphatic carbocycles. The van der Waals surface area contributed by atoms with E-state index < -0.39 is 0 Å². The Balaban J connectivity index is 1.55. The number of aryl methyl sites for hydroxylation is 2. The van der Waals surface area contributed by atoms with E-state index in [1.807, 2.05) is 19.9 Å². The molecule has 0 spiro atoms. The first-order valence-electron chi connectivity index (χ1n) is 8.52. The van der Waals surface area contributed by atoms with Crippen LogP contribution in [0.2, 0.25) is 0 Å². The van der Waals surface area contributed by atoms with Crippen molar-refractivity contribution in [3.63, 3.8) is 0 Å². The predicted molar refractivity (Wildman–Crippen MR) is 89.5 cm³/mol. The molecule has 6 heteroatoms. The lowest BCUT2D eigenvalue weighted by atomic mass is 9.99. The molecule has 2 amide bonds. The average molecular weight is 318 g/mol. The number of H-pyrrole nitrogens is 1. The molecule has 2 fully saturated rings. The first kappa shape index (κ1) is 16.1. The lowest BCUT2D eigenvalue weighted by Gasteiger charge is -2.32. The highest BCUT2D eigenvalue weighted by Gasteiger charge is 2.36. The molecule has 0 aromatic carbocycles. The Morgan fingerprint density at radius 3 is 2.91 bits per heavy atom. The highest BCUT2D eigenvalue weighted by Crippen LogP contribution is 2.26. The molecule has 23 heavy (non-hydrogen) atoms. The van der Waals surface area contributed by atoms with Crippen molar-refractivity contribution in [3.05, 3.63) is 33.2 Å². The number of rotatable bonds is 3. The number of hydrogen-bond acceptors (Lipinski definition) is 3. The zero-order valence-electron chi connectivity index (χ0n) is 13.9. The maximum absolute atomic E-state index is 12.2. The third-order valence-corrected chi connectivity index (χ3v) is 5.09. The molecule has 0 unspecified atom stereocenters. The van der Waals surface area contributed by atoms with E-state index in [-0.39, 0.29) is 24.2 Å². The van der Waals surface area contributed by atoms with E-state index in [1.165, 1.54) is 19.3 Å². The normalized spacial score (nSPS) is 24.3. The molecule has 2 aliphatic rings. The van der Waals surface area contributed by atoms with E-state index in [9.17, 15) is 9.59 Å². The van der Waals surface area contributed by atoms with Crippen LogP contribution in [0.1, 0.15) is 42.5 Å². The van der Waals surface area contributed by atoms with Gasteiger partial charge in [-0.1, -0.05) is 6.42 Å². The first-order valence-corrected chi connectivity index (χ1v) is 8.52. The second-order valence-corrected chi connectivity index (χ2v) is 6.76. The van der Waals surface area contributed by atoms with E-state index in [0.29, 0.717) is 11.6 Å². The number of fused-ring (bicyclic) bond motifs is 1. The molecule has 0 saturated carbocycles. The van der Waals surface area contributed by atoms with Gasteiger partial charge in [-0.05, 0) is 51.3 Å². The molecule has 3 rings (SSSR count). The Morgan fingerprint density at radius 2 is 2.13 bits per heavy atom. The van der Waals surface area contributed by atoms with Crippen molar-refractivity contribution < 1.29 is 4.79 Å². The molecule has 2 atom stereocenters. The van der Waals surface area contributed by atoms with Gasteiger partial charge in [0.15, 0.2) is 0 Å². The zero-order valence-corrected chi connectivity index (χ0v) is 13.9. The summed E-state index contributed by atoms with van der Waals surface area (Å²) in [5.74, 6) is 0. The number of pyridine rings is 1. The third kappa shape index (κ3) is 3.58. The fourth-order valence-corrected chi connectivity index (χ4v) is 3.91. The summed E-state index contributed by atoms with van der Waals surface area (Å²) in [5, 5.41) is 5.93. The van der Waals surface area contributed by atoms with Gasteiger partial charge in [0.1, 0.15) is 0 Å². The van der Waals surface area contributed by atoms with Crippen LogP contribution in [-0.4, -0.2) is 41.1 Å². The maximum Gasteiger partial charge on any atom is 0.315 e. The molecule has 0 bridgehead atoms. The summed E-state index contributed by atoms with van der Waals surface area (Å²) in [4.78, 5) is 29.4. The van der Waals surface area contributed by atoms with Crippen molar-refractivity contribution in [3.8, 4) is 0 Å². The van der Waals surface area contributed by atoms with Gasteiger partial charge in [-0.25, -0.2) is 4.79 Å². The summed E-state index contributed by atoms with van der Waals surface area (Å²) in [6.07, 6.45) is 4.70. The summed E-state index contributed by atoms with van der Waals surface area (Å²) in [6, 6.07) is 2.46. The second kappa shape index (κ2) is 6.74. The van der Waals surface area contributed by atoms with Crippen LogP contribution in [0.25, 0.3) is 0 Å². The van der Waals surface area contributed by atoms with Crippen molar-refractivity contribution in [1.82, 2.24) is 20.5 Å². The SMILES string of the molecule is Cc1cc(C)c(CNC(=O)N[C@@H]2CCN3CCCC[C@H]23)c(=O)[nH]1. The molecule has 6 nitrogen and oxygen atoms in total. The summed E-state index contributed by atoms with van der Waals surface area (Å²) in [5.41, 5.74) is 2.24. The number of amides is 2. The highest BCUT2D eigenvalue weighted by atomic mass is 16.2. The largest absolute Gasteiger partial charge is 0.334 e. The monoisotopic (exact) mass is 318 g/mol. The first-order chi connectivity index (χ1) is 11.0. The number of carbonyl (C=O) groups excluding carboxylic acids is 1. The highest BCUT2D eigenvalue weighted by molar-refractivity contribution is 5.74. The summed E-state index contributed by atoms with van der Waals surface area (Å²) in [7, 11) is 0. The number of nitrogens with zero attached hydrogens (tertiary/aromatic N) is 1. The topological polar surface area (TPSA) is 77.2 Å². The number of carbonyl (C=O) groups is 1. The standard InChI is InChI=1S/C17H26N4O2/c1-11-9-12(2)19-16(22)13(11)10-18-17(23)20-14-6-8-21-7-4-3-5-15(14)21/h9,14-15H,3-8,10H2,1-2H3,(H,19,22)(H2,18,20,23)/t14-,15-/m1/s1. The van der Waals surface area contributed by atoms with Gasteiger partial charge in [-0.2, -0.15) is 0 Å². The fourth-order valence-electron chi connectivity index (χ4n) is 3.91. The van der Waals surface area contributed by atoms with Gasteiger partial charge in [0.2, 0.25) is 0 Å². The lowest BCUT2D eigenvalue weighted by molar-refractivity contribution is 0.179. The van der Waals surface area contributed by atoms with Crippen LogP contribution < -0.4 is 16.2 Å². The molecule has 0 radical (unpaired) electrons. The number of aromatic nitrogens is 1. The van der Waals surface area contributed by atoms with Crippen LogP contribution in [0.15, 0.2) is 10.9 Å². The van der Waals surface area contributed by atoms with Crippen LogP contribution in [0.3, 0.4) is 0 Å². The minimum Gasteiger partial charge on any atom is -0.334 e. The van der Waals surface area contributed by atoms with Crippen LogP contribution in [0.4, 0.5) is 4.79 Å². The molecule has 3 heterocycles. The Hall–Kier alpha value is -1.82. The van der Waals surface area contributed by atoms with Gasteiger partial charge >= 0.3 is 6.03 Å². The lowest BCUT2D eigenvalue weighted by Crippen LogP contribution is -2.49. The van der Waals surface area contributed by atoms with Crippen LogP contribution in [-0.2, 0) is 6.54 Å². The Labute approximate surface area is 136 Å². The zero-order chi connectivity index (χ0) is 16.4. The second-order valence-electron chi connectivity index (χ2n) is 6.76. The van der Waals surface area contributed by atoms with E-state index >= 15 is 0 Å². The van der Waals surface area contributed by atoms with Crippen LogP contribution in [0, 0.1) is 13.8 Å². The minimum atomic E-state index is -0.179. The quantitative estimate of drug-likeness (QED) is 0.789. The minimum absolute atomic E-state index is 0.123. The van der Waals surface area contributed by atoms with Crippen LogP contribution >= 0.6 is 0 Å². The van der Waals surface area contributed by atoms with E-state index in [2.05, 4.69) is 20.5 Å². The predicted octanol–water partition coefficient (Wildman–Crippen LogP) is 1.42. The Bertz CT molecular complexity index is 640. The van der Waals surface area contributed by atoms with Gasteiger partial charge in [0.25, 0.3) is 5.56 Å². The maximum atomic E-state index is 12.2. The number of urea groups is 1. The molecule has 2 aliphatic heterocycles. The molecule has 2 saturated heterocycles. The summed E-state index contributed by atoms with van der Waals surface area (Å²) in [6.45, 7) is 6.24. The van der Waals surface area contributed by atoms with Gasteiger partial charge < -0.3 is 15.6 Å². The smallest absolute Gasteiger partial charge is 0.315 e. The van der Waals surface area contributed by atoms with Crippen molar-refractivity contribution in [2.45, 2.75) is 58.2 Å². The van der Waals surface area contributed by atoms with Crippen molar-refractivity contribution in [2.75, 3.05) is 13.1 Å². The van der Waals surface area contributed by atoms with E-state index in [4.69, 9.17) is 0 Å². The van der Waals surface area contributed by atoms with Crippen molar-refractivity contribution in [2.24, 2.45) is 0 Å². The summed E-state index contributed by atoms with van der Waals surface area (Å²) >= 11 is 0. The third-order valence-electron chi connectivity index (χ3n) is 5.09. The number of nitrogens with one attached hydrogen (secondary N) is 3. The Morgan fingerprint density at radius 1 is 1.30 bits per heavy atom. The van der Waals surface area contributed by atoms with Crippen molar-refractivity contribution >= 4 is 6.03 Å².